The Bertz CT molecular complexity index is 509. The van der Waals surface area contributed by atoms with Gasteiger partial charge in [-0.2, -0.15) is 0 Å². The van der Waals surface area contributed by atoms with Crippen LogP contribution in [0.15, 0.2) is 0 Å². The van der Waals surface area contributed by atoms with Crippen LogP contribution in [0, 0.1) is 22.7 Å². The number of rotatable bonds is 2. The maximum absolute atomic E-state index is 12.6. The van der Waals surface area contributed by atoms with Gasteiger partial charge in [0.05, 0.1) is 5.75 Å². The van der Waals surface area contributed by atoms with Gasteiger partial charge in [-0.05, 0) is 35.5 Å². The number of sulfonamides is 1. The molecule has 1 aliphatic heterocycles. The highest BCUT2D eigenvalue weighted by molar-refractivity contribution is 7.89. The lowest BCUT2D eigenvalue weighted by atomic mass is 9.67. The quantitative estimate of drug-likeness (QED) is 0.788. The van der Waals surface area contributed by atoms with Gasteiger partial charge < -0.3 is 0 Å². The van der Waals surface area contributed by atoms with Crippen LogP contribution in [0.2, 0.25) is 0 Å². The van der Waals surface area contributed by atoms with Crippen molar-refractivity contribution in [3.05, 3.63) is 0 Å². The second-order valence-corrected chi connectivity index (χ2v) is 9.69. The standard InChI is InChI=1S/C15H27NO3S/c1-11(2)8-13(17)16-9-12-6-7-15(5,14(12,3)4)10-20(16,18)19/h11-12H,6-10H2,1-5H3. The molecule has 5 heteroatoms. The van der Waals surface area contributed by atoms with Crippen LogP contribution in [-0.2, 0) is 14.8 Å². The molecule has 0 spiro atoms. The second-order valence-electron chi connectivity index (χ2n) is 7.80. The molecular weight excluding hydrogens is 274 g/mol. The summed E-state index contributed by atoms with van der Waals surface area (Å²) in [6.07, 6.45) is 2.27. The molecule has 0 N–H and O–H groups in total. The van der Waals surface area contributed by atoms with Crippen molar-refractivity contribution in [3.8, 4) is 0 Å². The first kappa shape index (κ1) is 15.8. The van der Waals surface area contributed by atoms with E-state index in [1.165, 1.54) is 4.31 Å². The molecule has 2 fully saturated rings. The normalized spacial score (nSPS) is 35.1. The molecule has 1 aliphatic carbocycles. The SMILES string of the molecule is CC(C)CC(=O)N1CC2CCC(C)(CS1(=O)=O)C2(C)C. The van der Waals surface area contributed by atoms with Crippen LogP contribution in [0.4, 0.5) is 0 Å². The van der Waals surface area contributed by atoms with Crippen LogP contribution in [0.5, 0.6) is 0 Å². The number of carbonyl (C=O) groups excluding carboxylic acids is 1. The molecule has 1 saturated carbocycles. The van der Waals surface area contributed by atoms with Gasteiger partial charge >= 0.3 is 0 Å². The van der Waals surface area contributed by atoms with E-state index in [4.69, 9.17) is 0 Å². The van der Waals surface area contributed by atoms with Gasteiger partial charge in [0.25, 0.3) is 0 Å². The van der Waals surface area contributed by atoms with Gasteiger partial charge in [-0.3, -0.25) is 4.79 Å². The van der Waals surface area contributed by atoms with Crippen molar-refractivity contribution in [3.63, 3.8) is 0 Å². The molecule has 2 bridgehead atoms. The van der Waals surface area contributed by atoms with Crippen molar-refractivity contribution < 1.29 is 13.2 Å². The lowest BCUT2D eigenvalue weighted by Crippen LogP contribution is -2.42. The summed E-state index contributed by atoms with van der Waals surface area (Å²) in [4.78, 5) is 12.3. The van der Waals surface area contributed by atoms with Gasteiger partial charge in [0.1, 0.15) is 0 Å². The van der Waals surface area contributed by atoms with Crippen molar-refractivity contribution >= 4 is 15.9 Å². The number of carbonyl (C=O) groups is 1. The third-order valence-electron chi connectivity index (χ3n) is 5.70. The van der Waals surface area contributed by atoms with E-state index < -0.39 is 10.0 Å². The van der Waals surface area contributed by atoms with E-state index >= 15 is 0 Å². The number of hydrogen-bond acceptors (Lipinski definition) is 3. The molecule has 0 aromatic heterocycles. The molecule has 2 atom stereocenters. The van der Waals surface area contributed by atoms with Crippen molar-refractivity contribution in [1.82, 2.24) is 4.31 Å². The van der Waals surface area contributed by atoms with Crippen molar-refractivity contribution in [2.75, 3.05) is 12.3 Å². The first-order chi connectivity index (χ1) is 8.99. The molecular formula is C15H27NO3S. The molecule has 116 valence electrons. The summed E-state index contributed by atoms with van der Waals surface area (Å²) >= 11 is 0. The van der Waals surface area contributed by atoms with Crippen LogP contribution < -0.4 is 0 Å². The molecule has 1 saturated heterocycles. The van der Waals surface area contributed by atoms with Gasteiger partial charge in [-0.1, -0.05) is 34.6 Å². The minimum atomic E-state index is -3.48. The third kappa shape index (κ3) is 2.38. The van der Waals surface area contributed by atoms with Gasteiger partial charge in [-0.25, -0.2) is 12.7 Å². The van der Waals surface area contributed by atoms with Crippen molar-refractivity contribution in [2.24, 2.45) is 22.7 Å². The summed E-state index contributed by atoms with van der Waals surface area (Å²) < 4.78 is 26.4. The Kier molecular flexibility index (Phi) is 3.73. The molecule has 0 radical (unpaired) electrons. The molecule has 0 aromatic rings. The Hall–Kier alpha value is -0.580. The summed E-state index contributed by atoms with van der Waals surface area (Å²) in [5, 5.41) is 0. The van der Waals surface area contributed by atoms with Gasteiger partial charge in [-0.15, -0.1) is 0 Å². The summed E-state index contributed by atoms with van der Waals surface area (Å²) in [6, 6.07) is 0. The Labute approximate surface area is 123 Å². The molecule has 2 unspecified atom stereocenters. The Morgan fingerprint density at radius 2 is 1.90 bits per heavy atom. The average Bonchev–Trinajstić information content (AvgIpc) is 2.41. The molecule has 2 aliphatic rings. The predicted octanol–water partition coefficient (Wildman–Crippen LogP) is 2.65. The Morgan fingerprint density at radius 3 is 2.45 bits per heavy atom. The zero-order valence-electron chi connectivity index (χ0n) is 13.3. The number of amides is 1. The van der Waals surface area contributed by atoms with Crippen LogP contribution in [0.3, 0.4) is 0 Å². The van der Waals surface area contributed by atoms with E-state index in [-0.39, 0.29) is 34.3 Å². The van der Waals surface area contributed by atoms with Crippen LogP contribution in [-0.4, -0.2) is 30.9 Å². The van der Waals surface area contributed by atoms with Crippen molar-refractivity contribution in [2.45, 2.75) is 53.9 Å². The highest BCUT2D eigenvalue weighted by atomic mass is 32.2. The zero-order chi connectivity index (χ0) is 15.3. The molecule has 0 aromatic carbocycles. The van der Waals surface area contributed by atoms with Crippen LogP contribution >= 0.6 is 0 Å². The van der Waals surface area contributed by atoms with Crippen LogP contribution in [0.25, 0.3) is 0 Å². The second kappa shape index (κ2) is 4.72. The third-order valence-corrected chi connectivity index (χ3v) is 7.73. The lowest BCUT2D eigenvalue weighted by molar-refractivity contribution is -0.127. The van der Waals surface area contributed by atoms with E-state index in [0.717, 1.165) is 12.8 Å². The topological polar surface area (TPSA) is 54.5 Å². The van der Waals surface area contributed by atoms with E-state index in [9.17, 15) is 13.2 Å². The highest BCUT2D eigenvalue weighted by Crippen LogP contribution is 2.58. The van der Waals surface area contributed by atoms with Gasteiger partial charge in [0.2, 0.25) is 15.9 Å². The zero-order valence-corrected chi connectivity index (χ0v) is 14.1. The fourth-order valence-electron chi connectivity index (χ4n) is 3.75. The lowest BCUT2D eigenvalue weighted by Gasteiger charge is -2.38. The predicted molar refractivity (Wildman–Crippen MR) is 79.6 cm³/mol. The van der Waals surface area contributed by atoms with Gasteiger partial charge in [0, 0.05) is 13.0 Å². The average molecular weight is 301 g/mol. The molecule has 1 amide bonds. The monoisotopic (exact) mass is 301 g/mol. The summed E-state index contributed by atoms with van der Waals surface area (Å²) in [5.74, 6) is 0.336. The maximum atomic E-state index is 12.6. The van der Waals surface area contributed by atoms with Crippen molar-refractivity contribution in [1.29, 1.82) is 0 Å². The Balaban J connectivity index is 2.36. The summed E-state index contributed by atoms with van der Waals surface area (Å²) in [6.45, 7) is 10.7. The van der Waals surface area contributed by atoms with E-state index in [0.29, 0.717) is 13.0 Å². The fourth-order valence-corrected chi connectivity index (χ4v) is 6.02. The number of nitrogens with zero attached hydrogens (tertiary/aromatic N) is 1. The minimum Gasteiger partial charge on any atom is -0.274 e. The van der Waals surface area contributed by atoms with Gasteiger partial charge in [0.15, 0.2) is 0 Å². The summed E-state index contributed by atoms with van der Waals surface area (Å²) in [5.41, 5.74) is -0.254. The number of hydrogen-bond donors (Lipinski definition) is 0. The highest BCUT2D eigenvalue weighted by Gasteiger charge is 2.57. The molecule has 1 heterocycles. The Morgan fingerprint density at radius 1 is 1.30 bits per heavy atom. The fraction of sp³-hybridized carbons (Fsp3) is 0.933. The van der Waals surface area contributed by atoms with Crippen LogP contribution in [0.1, 0.15) is 53.9 Å². The number of fused-ring (bicyclic) bond motifs is 2. The molecule has 4 nitrogen and oxygen atoms in total. The molecule has 20 heavy (non-hydrogen) atoms. The first-order valence-corrected chi connectivity index (χ1v) is 9.14. The molecule has 2 rings (SSSR count). The minimum absolute atomic E-state index is 0.0348. The van der Waals surface area contributed by atoms with E-state index in [1.54, 1.807) is 0 Å². The van der Waals surface area contributed by atoms with E-state index in [1.807, 2.05) is 13.8 Å². The summed E-state index contributed by atoms with van der Waals surface area (Å²) in [7, 11) is -3.48. The maximum Gasteiger partial charge on any atom is 0.237 e. The smallest absolute Gasteiger partial charge is 0.237 e. The van der Waals surface area contributed by atoms with E-state index in [2.05, 4.69) is 20.8 Å². The largest absolute Gasteiger partial charge is 0.274 e. The first-order valence-electron chi connectivity index (χ1n) is 7.53.